The van der Waals surface area contributed by atoms with Crippen molar-refractivity contribution in [1.29, 1.82) is 0 Å². The predicted molar refractivity (Wildman–Crippen MR) is 109 cm³/mol. The van der Waals surface area contributed by atoms with E-state index in [1.54, 1.807) is 6.20 Å². The first-order valence-corrected chi connectivity index (χ1v) is 10.6. The van der Waals surface area contributed by atoms with Gasteiger partial charge < -0.3 is 10.2 Å². The molecule has 0 aliphatic carbocycles. The molecule has 2 aromatic heterocycles. The second-order valence-electron chi connectivity index (χ2n) is 8.23. The Bertz CT molecular complexity index is 814. The van der Waals surface area contributed by atoms with Crippen molar-refractivity contribution in [3.05, 3.63) is 41.3 Å². The highest BCUT2D eigenvalue weighted by Crippen LogP contribution is 2.30. The minimum absolute atomic E-state index is 0.0969. The minimum Gasteiger partial charge on any atom is -0.355 e. The second-order valence-corrected chi connectivity index (χ2v) is 8.23. The zero-order chi connectivity index (χ0) is 19.5. The molecule has 4 rings (SSSR count). The molecule has 0 unspecified atom stereocenters. The number of aromatic nitrogens is 3. The Balaban J connectivity index is 1.38. The number of aryl methyl sites for hydroxylation is 1. The van der Waals surface area contributed by atoms with Gasteiger partial charge in [-0.3, -0.25) is 4.79 Å². The maximum atomic E-state index is 12.7. The number of rotatable bonds is 5. The van der Waals surface area contributed by atoms with E-state index >= 15 is 0 Å². The number of pyridine rings is 1. The second kappa shape index (κ2) is 8.43. The predicted octanol–water partition coefficient (Wildman–Crippen LogP) is 2.81. The van der Waals surface area contributed by atoms with Crippen LogP contribution in [0.5, 0.6) is 0 Å². The van der Waals surface area contributed by atoms with Crippen LogP contribution in [0.3, 0.4) is 0 Å². The lowest BCUT2D eigenvalue weighted by atomic mass is 9.83. The molecule has 0 bridgehead atoms. The lowest BCUT2D eigenvalue weighted by molar-refractivity contribution is -0.120. The number of piperidine rings is 2. The number of carbonyl (C=O) groups excluding carboxylic acids is 1. The molecule has 2 fully saturated rings. The molecule has 0 aromatic carbocycles. The highest BCUT2D eigenvalue weighted by Gasteiger charge is 2.33. The van der Waals surface area contributed by atoms with E-state index in [1.165, 1.54) is 45.2 Å². The van der Waals surface area contributed by atoms with Gasteiger partial charge in [-0.1, -0.05) is 12.5 Å². The van der Waals surface area contributed by atoms with Crippen molar-refractivity contribution in [3.8, 4) is 5.82 Å². The standard InChI is InChI=1S/C22H31N5O/c1-16-19(17(2)27(25-16)21-10-3-5-11-23-21)14-22(28)24-15-18-8-7-13-26-12-6-4-9-20(18)26/h3,5,10-11,18,20H,4,6-9,12-15H2,1-2H3,(H,24,28)/t18-,20-/m0/s1. The maximum Gasteiger partial charge on any atom is 0.224 e. The van der Waals surface area contributed by atoms with Crippen molar-refractivity contribution in [1.82, 2.24) is 25.0 Å². The quantitative estimate of drug-likeness (QED) is 0.865. The number of hydrogen-bond acceptors (Lipinski definition) is 4. The molecule has 6 heteroatoms. The zero-order valence-corrected chi connectivity index (χ0v) is 17.0. The Hall–Kier alpha value is -2.21. The lowest BCUT2D eigenvalue weighted by Crippen LogP contribution is -2.51. The van der Waals surface area contributed by atoms with Crippen LogP contribution in [0, 0.1) is 19.8 Å². The van der Waals surface area contributed by atoms with Crippen LogP contribution in [0.1, 0.15) is 49.1 Å². The van der Waals surface area contributed by atoms with E-state index in [-0.39, 0.29) is 5.91 Å². The van der Waals surface area contributed by atoms with Crippen LogP contribution in [0.2, 0.25) is 0 Å². The Kier molecular flexibility index (Phi) is 5.76. The van der Waals surface area contributed by atoms with Gasteiger partial charge in [0, 0.05) is 30.0 Å². The topological polar surface area (TPSA) is 63.1 Å². The van der Waals surface area contributed by atoms with E-state index < -0.39 is 0 Å². The summed E-state index contributed by atoms with van der Waals surface area (Å²) in [7, 11) is 0. The number of carbonyl (C=O) groups is 1. The molecule has 150 valence electrons. The van der Waals surface area contributed by atoms with Gasteiger partial charge in [0.05, 0.1) is 12.1 Å². The molecule has 1 N–H and O–H groups in total. The molecule has 2 aliphatic rings. The van der Waals surface area contributed by atoms with E-state index in [1.807, 2.05) is 36.7 Å². The summed E-state index contributed by atoms with van der Waals surface area (Å²) in [6.07, 6.45) is 8.58. The highest BCUT2D eigenvalue weighted by molar-refractivity contribution is 5.79. The van der Waals surface area contributed by atoms with Gasteiger partial charge in [-0.25, -0.2) is 9.67 Å². The molecule has 1 amide bonds. The summed E-state index contributed by atoms with van der Waals surface area (Å²) in [5, 5.41) is 7.82. The summed E-state index contributed by atoms with van der Waals surface area (Å²) in [6, 6.07) is 6.44. The summed E-state index contributed by atoms with van der Waals surface area (Å²) in [6.45, 7) is 7.25. The van der Waals surface area contributed by atoms with Crippen LogP contribution >= 0.6 is 0 Å². The van der Waals surface area contributed by atoms with Gasteiger partial charge in [0.15, 0.2) is 5.82 Å². The van der Waals surface area contributed by atoms with Crippen molar-refractivity contribution >= 4 is 5.91 Å². The van der Waals surface area contributed by atoms with Gasteiger partial charge in [-0.2, -0.15) is 5.10 Å². The number of nitrogens with zero attached hydrogens (tertiary/aromatic N) is 4. The normalized spacial score (nSPS) is 22.6. The highest BCUT2D eigenvalue weighted by atomic mass is 16.1. The first-order chi connectivity index (χ1) is 13.6. The van der Waals surface area contributed by atoms with Crippen LogP contribution in [-0.2, 0) is 11.2 Å². The van der Waals surface area contributed by atoms with Crippen molar-refractivity contribution in [3.63, 3.8) is 0 Å². The number of hydrogen-bond donors (Lipinski definition) is 1. The molecule has 2 aromatic rings. The van der Waals surface area contributed by atoms with Gasteiger partial charge in [0.1, 0.15) is 0 Å². The molecule has 2 atom stereocenters. The van der Waals surface area contributed by atoms with Gasteiger partial charge in [0.2, 0.25) is 5.91 Å². The van der Waals surface area contributed by atoms with Crippen molar-refractivity contribution in [2.24, 2.45) is 5.92 Å². The third-order valence-corrected chi connectivity index (χ3v) is 6.43. The smallest absolute Gasteiger partial charge is 0.224 e. The molecule has 0 radical (unpaired) electrons. The summed E-state index contributed by atoms with van der Waals surface area (Å²) < 4.78 is 1.83. The SMILES string of the molecule is Cc1nn(-c2ccccn2)c(C)c1CC(=O)NC[C@@H]1CCCN2CCCC[C@@H]12. The Morgan fingerprint density at radius 1 is 1.18 bits per heavy atom. The number of fused-ring (bicyclic) bond motifs is 1. The Morgan fingerprint density at radius 2 is 2.04 bits per heavy atom. The van der Waals surface area contributed by atoms with Crippen LogP contribution < -0.4 is 5.32 Å². The monoisotopic (exact) mass is 381 g/mol. The molecule has 2 aliphatic heterocycles. The molecular formula is C22H31N5O. The molecule has 28 heavy (non-hydrogen) atoms. The van der Waals surface area contributed by atoms with E-state index in [0.717, 1.165) is 29.3 Å². The first-order valence-electron chi connectivity index (χ1n) is 10.6. The van der Waals surface area contributed by atoms with Gasteiger partial charge in [0.25, 0.3) is 0 Å². The third kappa shape index (κ3) is 3.97. The minimum atomic E-state index is 0.0969. The third-order valence-electron chi connectivity index (χ3n) is 6.43. The fourth-order valence-corrected chi connectivity index (χ4v) is 4.92. The van der Waals surface area contributed by atoms with Gasteiger partial charge >= 0.3 is 0 Å². The van der Waals surface area contributed by atoms with Crippen molar-refractivity contribution in [2.75, 3.05) is 19.6 Å². The fraction of sp³-hybridized carbons (Fsp3) is 0.591. The van der Waals surface area contributed by atoms with E-state index in [0.29, 0.717) is 18.4 Å². The van der Waals surface area contributed by atoms with Gasteiger partial charge in [-0.05, 0) is 70.7 Å². The molecule has 2 saturated heterocycles. The van der Waals surface area contributed by atoms with Crippen LogP contribution in [-0.4, -0.2) is 51.2 Å². The van der Waals surface area contributed by atoms with Crippen LogP contribution in [0.4, 0.5) is 0 Å². The zero-order valence-electron chi connectivity index (χ0n) is 17.0. The van der Waals surface area contributed by atoms with Crippen LogP contribution in [0.15, 0.2) is 24.4 Å². The van der Waals surface area contributed by atoms with E-state index in [4.69, 9.17) is 0 Å². The average molecular weight is 382 g/mol. The van der Waals surface area contributed by atoms with E-state index in [2.05, 4.69) is 20.3 Å². The number of amides is 1. The summed E-state index contributed by atoms with van der Waals surface area (Å²) >= 11 is 0. The maximum absolute atomic E-state index is 12.7. The average Bonchev–Trinajstić information content (AvgIpc) is 3.01. The Morgan fingerprint density at radius 3 is 2.86 bits per heavy atom. The molecule has 0 saturated carbocycles. The number of nitrogens with one attached hydrogen (secondary N) is 1. The first kappa shape index (κ1) is 19.1. The fourth-order valence-electron chi connectivity index (χ4n) is 4.92. The summed E-state index contributed by atoms with van der Waals surface area (Å²) in [5.74, 6) is 1.48. The van der Waals surface area contributed by atoms with Crippen molar-refractivity contribution < 1.29 is 4.79 Å². The molecule has 0 spiro atoms. The lowest BCUT2D eigenvalue weighted by Gasteiger charge is -2.44. The summed E-state index contributed by atoms with van der Waals surface area (Å²) in [4.78, 5) is 19.7. The van der Waals surface area contributed by atoms with Crippen molar-refractivity contribution in [2.45, 2.75) is 58.4 Å². The van der Waals surface area contributed by atoms with E-state index in [9.17, 15) is 4.79 Å². The molecule has 6 nitrogen and oxygen atoms in total. The summed E-state index contributed by atoms with van der Waals surface area (Å²) in [5.41, 5.74) is 2.89. The van der Waals surface area contributed by atoms with Gasteiger partial charge in [-0.15, -0.1) is 0 Å². The van der Waals surface area contributed by atoms with Crippen LogP contribution in [0.25, 0.3) is 5.82 Å². The molecular weight excluding hydrogens is 350 g/mol. The Labute approximate surface area is 167 Å². The molecule has 4 heterocycles. The largest absolute Gasteiger partial charge is 0.355 e.